The van der Waals surface area contributed by atoms with E-state index in [1.807, 2.05) is 20.8 Å². The van der Waals surface area contributed by atoms with Crippen LogP contribution in [0.1, 0.15) is 35.3 Å². The maximum absolute atomic E-state index is 11.4. The fourth-order valence-electron chi connectivity index (χ4n) is 1.41. The zero-order valence-electron chi connectivity index (χ0n) is 10.3. The molecule has 0 aromatic heterocycles. The monoisotopic (exact) mass is 235 g/mol. The molecule has 1 aromatic rings. The number of hydrogen-bond donors (Lipinski definition) is 2. The van der Waals surface area contributed by atoms with E-state index in [0.29, 0.717) is 6.54 Å². The number of benzene rings is 1. The summed E-state index contributed by atoms with van der Waals surface area (Å²) in [5.74, 6) is -0.994. The van der Waals surface area contributed by atoms with E-state index in [1.54, 1.807) is 18.2 Å². The van der Waals surface area contributed by atoms with Gasteiger partial charge in [0, 0.05) is 12.5 Å². The Kier molecular flexibility index (Phi) is 4.26. The van der Waals surface area contributed by atoms with Crippen molar-refractivity contribution < 1.29 is 14.7 Å². The molecule has 0 bridgehead atoms. The summed E-state index contributed by atoms with van der Waals surface area (Å²) >= 11 is 0. The minimum Gasteiger partial charge on any atom is -0.478 e. The van der Waals surface area contributed by atoms with E-state index in [1.165, 1.54) is 0 Å². The van der Waals surface area contributed by atoms with Crippen LogP contribution in [-0.2, 0) is 11.3 Å². The summed E-state index contributed by atoms with van der Waals surface area (Å²) in [6, 6.07) is 4.89. The average molecular weight is 235 g/mol. The first-order valence-electron chi connectivity index (χ1n) is 5.52. The molecule has 4 heteroatoms. The highest BCUT2D eigenvalue weighted by atomic mass is 16.4. The van der Waals surface area contributed by atoms with Crippen molar-refractivity contribution in [3.8, 4) is 0 Å². The molecule has 0 atom stereocenters. The molecule has 0 aliphatic carbocycles. The van der Waals surface area contributed by atoms with Gasteiger partial charge in [-0.25, -0.2) is 4.79 Å². The summed E-state index contributed by atoms with van der Waals surface area (Å²) in [5, 5.41) is 11.6. The van der Waals surface area contributed by atoms with Crippen LogP contribution in [0.4, 0.5) is 0 Å². The maximum atomic E-state index is 11.4. The topological polar surface area (TPSA) is 66.4 Å². The predicted molar refractivity (Wildman–Crippen MR) is 64.8 cm³/mol. The first-order chi connectivity index (χ1) is 7.91. The zero-order valence-corrected chi connectivity index (χ0v) is 10.3. The molecular formula is C13H17NO3. The molecule has 1 aromatic carbocycles. The summed E-state index contributed by atoms with van der Waals surface area (Å²) in [5.41, 5.74) is 2.07. The second kappa shape index (κ2) is 5.48. The van der Waals surface area contributed by atoms with Crippen LogP contribution in [0.3, 0.4) is 0 Å². The number of nitrogens with one attached hydrogen (secondary N) is 1. The Hall–Kier alpha value is -1.84. The van der Waals surface area contributed by atoms with Gasteiger partial charge in [0.25, 0.3) is 0 Å². The van der Waals surface area contributed by atoms with Gasteiger partial charge >= 0.3 is 5.97 Å². The summed E-state index contributed by atoms with van der Waals surface area (Å²) in [6.07, 6.45) is 0. The zero-order chi connectivity index (χ0) is 13.0. The lowest BCUT2D eigenvalue weighted by Gasteiger charge is -2.10. The first kappa shape index (κ1) is 13.2. The average Bonchev–Trinajstić information content (AvgIpc) is 2.26. The van der Waals surface area contributed by atoms with Crippen LogP contribution in [0.25, 0.3) is 0 Å². The Morgan fingerprint density at radius 1 is 1.35 bits per heavy atom. The van der Waals surface area contributed by atoms with Gasteiger partial charge in [-0.15, -0.1) is 0 Å². The van der Waals surface area contributed by atoms with Gasteiger partial charge in [-0.2, -0.15) is 0 Å². The molecule has 0 heterocycles. The third-order valence-electron chi connectivity index (χ3n) is 2.57. The van der Waals surface area contributed by atoms with Gasteiger partial charge < -0.3 is 10.4 Å². The number of carboxylic acid groups (broad SMARTS) is 1. The van der Waals surface area contributed by atoms with E-state index in [-0.39, 0.29) is 17.4 Å². The van der Waals surface area contributed by atoms with Gasteiger partial charge in [0.1, 0.15) is 0 Å². The predicted octanol–water partition coefficient (Wildman–Crippen LogP) is 1.97. The molecule has 0 spiro atoms. The van der Waals surface area contributed by atoms with Crippen molar-refractivity contribution in [1.29, 1.82) is 0 Å². The highest BCUT2D eigenvalue weighted by molar-refractivity contribution is 5.87. The van der Waals surface area contributed by atoms with Crippen molar-refractivity contribution in [3.63, 3.8) is 0 Å². The summed E-state index contributed by atoms with van der Waals surface area (Å²) in [7, 11) is 0. The minimum absolute atomic E-state index is 0.00767. The third kappa shape index (κ3) is 3.59. The normalized spacial score (nSPS) is 10.4. The number of amides is 1. The highest BCUT2D eigenvalue weighted by Crippen LogP contribution is 2.11. The highest BCUT2D eigenvalue weighted by Gasteiger charge is 2.08. The fraction of sp³-hybridized carbons (Fsp3) is 0.385. The second-order valence-electron chi connectivity index (χ2n) is 4.32. The van der Waals surface area contributed by atoms with Crippen LogP contribution in [0.5, 0.6) is 0 Å². The van der Waals surface area contributed by atoms with Crippen LogP contribution >= 0.6 is 0 Å². The smallest absolute Gasteiger partial charge is 0.335 e. The van der Waals surface area contributed by atoms with E-state index in [2.05, 4.69) is 5.32 Å². The molecule has 1 amide bonds. The Labute approximate surface area is 101 Å². The number of aryl methyl sites for hydroxylation is 1. The number of aromatic carboxylic acids is 1. The van der Waals surface area contributed by atoms with Crippen LogP contribution < -0.4 is 5.32 Å². The molecule has 2 N–H and O–H groups in total. The van der Waals surface area contributed by atoms with Crippen LogP contribution in [-0.4, -0.2) is 17.0 Å². The second-order valence-corrected chi connectivity index (χ2v) is 4.32. The van der Waals surface area contributed by atoms with Crippen molar-refractivity contribution in [2.24, 2.45) is 5.92 Å². The Balaban J connectivity index is 2.73. The van der Waals surface area contributed by atoms with Gasteiger partial charge in [0.05, 0.1) is 5.56 Å². The van der Waals surface area contributed by atoms with E-state index in [4.69, 9.17) is 5.11 Å². The number of rotatable bonds is 4. The lowest BCUT2D eigenvalue weighted by atomic mass is 10.0. The molecule has 0 aliphatic rings. The number of hydrogen-bond acceptors (Lipinski definition) is 2. The first-order valence-corrected chi connectivity index (χ1v) is 5.52. The number of carbonyl (C=O) groups is 2. The van der Waals surface area contributed by atoms with E-state index in [0.717, 1.165) is 11.1 Å². The standard InChI is InChI=1S/C13H17NO3/c1-8(2)12(15)14-7-11-5-4-10(13(16)17)6-9(11)3/h4-6,8H,7H2,1-3H3,(H,14,15)(H,16,17). The molecule has 4 nitrogen and oxygen atoms in total. The van der Waals surface area contributed by atoms with E-state index >= 15 is 0 Å². The van der Waals surface area contributed by atoms with E-state index in [9.17, 15) is 9.59 Å². The molecule has 0 radical (unpaired) electrons. The molecule has 1 rings (SSSR count). The van der Waals surface area contributed by atoms with Crippen molar-refractivity contribution in [2.75, 3.05) is 0 Å². The molecule has 0 unspecified atom stereocenters. The van der Waals surface area contributed by atoms with Crippen LogP contribution in [0, 0.1) is 12.8 Å². The van der Waals surface area contributed by atoms with Gasteiger partial charge in [-0.3, -0.25) is 4.79 Å². The minimum atomic E-state index is -0.939. The van der Waals surface area contributed by atoms with Crippen LogP contribution in [0.15, 0.2) is 18.2 Å². The summed E-state index contributed by atoms with van der Waals surface area (Å²) in [4.78, 5) is 22.1. The number of carbonyl (C=O) groups excluding carboxylic acids is 1. The van der Waals surface area contributed by atoms with Crippen molar-refractivity contribution in [2.45, 2.75) is 27.3 Å². The molecular weight excluding hydrogens is 218 g/mol. The van der Waals surface area contributed by atoms with Crippen LogP contribution in [0.2, 0.25) is 0 Å². The fourth-order valence-corrected chi connectivity index (χ4v) is 1.41. The molecule has 0 saturated carbocycles. The largest absolute Gasteiger partial charge is 0.478 e. The summed E-state index contributed by atoms with van der Waals surface area (Å²) in [6.45, 7) is 5.93. The summed E-state index contributed by atoms with van der Waals surface area (Å²) < 4.78 is 0. The van der Waals surface area contributed by atoms with Crippen molar-refractivity contribution in [3.05, 3.63) is 34.9 Å². The molecule has 92 valence electrons. The quantitative estimate of drug-likeness (QED) is 0.838. The molecule has 0 fully saturated rings. The van der Waals surface area contributed by atoms with E-state index < -0.39 is 5.97 Å². The molecule has 17 heavy (non-hydrogen) atoms. The Morgan fingerprint density at radius 2 is 2.00 bits per heavy atom. The number of carboxylic acids is 1. The van der Waals surface area contributed by atoms with Gasteiger partial charge in [0.2, 0.25) is 5.91 Å². The molecule has 0 saturated heterocycles. The lowest BCUT2D eigenvalue weighted by molar-refractivity contribution is -0.124. The Morgan fingerprint density at radius 3 is 2.47 bits per heavy atom. The van der Waals surface area contributed by atoms with Gasteiger partial charge in [0.15, 0.2) is 0 Å². The van der Waals surface area contributed by atoms with Crippen molar-refractivity contribution >= 4 is 11.9 Å². The third-order valence-corrected chi connectivity index (χ3v) is 2.57. The SMILES string of the molecule is Cc1cc(C(=O)O)ccc1CNC(=O)C(C)C. The van der Waals surface area contributed by atoms with Crippen molar-refractivity contribution in [1.82, 2.24) is 5.32 Å². The molecule has 0 aliphatic heterocycles. The van der Waals surface area contributed by atoms with Gasteiger partial charge in [-0.05, 0) is 30.2 Å². The lowest BCUT2D eigenvalue weighted by Crippen LogP contribution is -2.27. The Bertz CT molecular complexity index is 438. The van der Waals surface area contributed by atoms with Gasteiger partial charge in [-0.1, -0.05) is 19.9 Å². The maximum Gasteiger partial charge on any atom is 0.335 e.